The molecular weight excluding hydrogens is 454 g/mol. The predicted octanol–water partition coefficient (Wildman–Crippen LogP) is 7.66. The Morgan fingerprint density at radius 3 is 2.60 bits per heavy atom. The van der Waals surface area contributed by atoms with Crippen LogP contribution in [0.15, 0.2) is 48.6 Å². The fourth-order valence-corrected chi connectivity index (χ4v) is 4.22. The molecule has 0 bridgehead atoms. The molecule has 0 radical (unpaired) electrons. The molecule has 1 heterocycles. The lowest BCUT2D eigenvalue weighted by Gasteiger charge is -2.26. The first-order valence-electron chi connectivity index (χ1n) is 12.5. The van der Waals surface area contributed by atoms with E-state index in [-0.39, 0.29) is 0 Å². The highest BCUT2D eigenvalue weighted by Crippen LogP contribution is 2.26. The zero-order valence-corrected chi connectivity index (χ0v) is 23.0. The van der Waals surface area contributed by atoms with Crippen LogP contribution in [0.3, 0.4) is 0 Å². The Morgan fingerprint density at radius 2 is 1.91 bits per heavy atom. The second-order valence-electron chi connectivity index (χ2n) is 9.24. The van der Waals surface area contributed by atoms with E-state index in [0.717, 1.165) is 95.7 Å². The van der Waals surface area contributed by atoms with Gasteiger partial charge < -0.3 is 15.2 Å². The number of nitrogens with one attached hydrogen (secondary N) is 2. The Bertz CT molecular complexity index is 1060. The van der Waals surface area contributed by atoms with Gasteiger partial charge in [0, 0.05) is 30.2 Å². The van der Waals surface area contributed by atoms with Crippen LogP contribution in [0.1, 0.15) is 67.7 Å². The third kappa shape index (κ3) is 8.43. The molecule has 0 aliphatic rings. The number of nitrogens with zero attached hydrogens (tertiary/aromatic N) is 3. The zero-order valence-electron chi connectivity index (χ0n) is 22.2. The summed E-state index contributed by atoms with van der Waals surface area (Å²) in [6.07, 6.45) is 6.58. The normalized spacial score (nSPS) is 11.4. The number of aliphatic imine (C=N–C) groups is 1. The van der Waals surface area contributed by atoms with Gasteiger partial charge in [-0.05, 0) is 69.8 Å². The summed E-state index contributed by atoms with van der Waals surface area (Å²) in [5.74, 6) is 1.62. The molecule has 6 heteroatoms. The van der Waals surface area contributed by atoms with Crippen LogP contribution < -0.4 is 5.32 Å². The second-order valence-corrected chi connectivity index (χ2v) is 9.62. The van der Waals surface area contributed by atoms with Crippen LogP contribution in [0, 0.1) is 20.8 Å². The zero-order chi connectivity index (χ0) is 26.0. The third-order valence-electron chi connectivity index (χ3n) is 6.23. The first-order valence-corrected chi connectivity index (χ1v) is 12.8. The molecule has 0 aliphatic heterocycles. The summed E-state index contributed by atoms with van der Waals surface area (Å²) in [5.41, 5.74) is 7.58. The molecule has 2 N–H and O–H groups in total. The topological polar surface area (TPSA) is 56.3 Å². The van der Waals surface area contributed by atoms with E-state index < -0.39 is 0 Å². The van der Waals surface area contributed by atoms with Gasteiger partial charge in [-0.2, -0.15) is 0 Å². The monoisotopic (exact) mass is 495 g/mol. The van der Waals surface area contributed by atoms with Gasteiger partial charge in [0.1, 0.15) is 11.5 Å². The lowest BCUT2D eigenvalue weighted by atomic mass is 10.0. The maximum absolute atomic E-state index is 6.54. The summed E-state index contributed by atoms with van der Waals surface area (Å²) in [4.78, 5) is 15.0. The first kappa shape index (κ1) is 28.4. The van der Waals surface area contributed by atoms with Crippen LogP contribution in [0.4, 0.5) is 5.82 Å². The molecule has 1 aromatic heterocycles. The van der Waals surface area contributed by atoms with E-state index in [2.05, 4.69) is 79.7 Å². The van der Waals surface area contributed by atoms with Gasteiger partial charge in [0.05, 0.1) is 12.2 Å². The van der Waals surface area contributed by atoms with Crippen LogP contribution in [-0.2, 0) is 6.42 Å². The van der Waals surface area contributed by atoms with E-state index in [1.165, 1.54) is 5.56 Å². The summed E-state index contributed by atoms with van der Waals surface area (Å²) in [5, 5.41) is 3.97. The smallest absolute Gasteiger partial charge is 0.157 e. The largest absolute Gasteiger partial charge is 0.370 e. The molecular formula is C29H42ClN5. The van der Waals surface area contributed by atoms with Crippen molar-refractivity contribution in [3.63, 3.8) is 0 Å². The minimum absolute atomic E-state index is 0.650. The molecule has 0 fully saturated rings. The van der Waals surface area contributed by atoms with Crippen molar-refractivity contribution in [3.05, 3.63) is 76.9 Å². The Balaban J connectivity index is 1.92. The molecule has 0 aliphatic carbocycles. The van der Waals surface area contributed by atoms with Crippen molar-refractivity contribution < 1.29 is 0 Å². The minimum Gasteiger partial charge on any atom is -0.370 e. The molecule has 2 rings (SSSR count). The van der Waals surface area contributed by atoms with Gasteiger partial charge in [-0.3, -0.25) is 4.99 Å². The number of aryl methyl sites for hydroxylation is 2. The van der Waals surface area contributed by atoms with Gasteiger partial charge in [0.15, 0.2) is 5.82 Å². The second kappa shape index (κ2) is 13.9. The fourth-order valence-electron chi connectivity index (χ4n) is 3.94. The van der Waals surface area contributed by atoms with Crippen LogP contribution in [0.5, 0.6) is 0 Å². The summed E-state index contributed by atoms with van der Waals surface area (Å²) in [7, 11) is 0. The van der Waals surface area contributed by atoms with E-state index in [0.29, 0.717) is 6.54 Å². The summed E-state index contributed by atoms with van der Waals surface area (Å²) < 4.78 is 0. The Hall–Kier alpha value is -2.79. The first-order chi connectivity index (χ1) is 16.7. The average molecular weight is 496 g/mol. The third-order valence-corrected chi connectivity index (χ3v) is 6.75. The number of aromatic amines is 1. The molecule has 35 heavy (non-hydrogen) atoms. The highest BCUT2D eigenvalue weighted by atomic mass is 35.5. The minimum atomic E-state index is 0.650. The molecule has 5 nitrogen and oxygen atoms in total. The standard InChI is InChI=1S/C29H42ClN5/c1-9-11-16-35(24(7)28-29(31-10-2)34-25(8)33-28)17-12-13-20(3)19-32-22(5)18-26-15-14-21(4)23(6)27(26)30/h10,14-15,31H,2-3,7,9,11-13,16-19H2,1,4-6,8H3,(H,33,34). The molecule has 1 aromatic carbocycles. The van der Waals surface area contributed by atoms with E-state index in [1.54, 1.807) is 6.20 Å². The van der Waals surface area contributed by atoms with Crippen molar-refractivity contribution in [2.24, 2.45) is 4.99 Å². The van der Waals surface area contributed by atoms with Gasteiger partial charge in [0.25, 0.3) is 0 Å². The number of aromatic nitrogens is 2. The number of anilines is 1. The number of unbranched alkanes of at least 4 members (excludes halogenated alkanes) is 1. The van der Waals surface area contributed by atoms with Crippen molar-refractivity contribution >= 4 is 28.8 Å². The number of hydrogen-bond acceptors (Lipinski definition) is 4. The molecule has 0 saturated heterocycles. The predicted molar refractivity (Wildman–Crippen MR) is 154 cm³/mol. The van der Waals surface area contributed by atoms with E-state index in [1.807, 2.05) is 6.92 Å². The van der Waals surface area contributed by atoms with Gasteiger partial charge in [0.2, 0.25) is 0 Å². The molecule has 0 spiro atoms. The summed E-state index contributed by atoms with van der Waals surface area (Å²) >= 11 is 6.54. The van der Waals surface area contributed by atoms with Gasteiger partial charge in [-0.1, -0.05) is 62.4 Å². The number of rotatable bonds is 15. The molecule has 0 atom stereocenters. The van der Waals surface area contributed by atoms with E-state index in [4.69, 9.17) is 16.6 Å². The van der Waals surface area contributed by atoms with Crippen LogP contribution in [-0.4, -0.2) is 40.2 Å². The molecule has 190 valence electrons. The van der Waals surface area contributed by atoms with E-state index in [9.17, 15) is 0 Å². The Labute approximate surface area is 217 Å². The van der Waals surface area contributed by atoms with Crippen LogP contribution in [0.2, 0.25) is 5.02 Å². The fraction of sp³-hybridized carbons (Fsp3) is 0.448. The Morgan fingerprint density at radius 1 is 1.20 bits per heavy atom. The number of halogens is 1. The summed E-state index contributed by atoms with van der Waals surface area (Å²) in [6, 6.07) is 4.23. The average Bonchev–Trinajstić information content (AvgIpc) is 3.20. The number of H-pyrrole nitrogens is 1. The van der Waals surface area contributed by atoms with Crippen LogP contribution in [0.25, 0.3) is 5.70 Å². The van der Waals surface area contributed by atoms with Gasteiger partial charge in [-0.15, -0.1) is 0 Å². The van der Waals surface area contributed by atoms with Gasteiger partial charge in [-0.25, -0.2) is 4.98 Å². The van der Waals surface area contributed by atoms with Crippen molar-refractivity contribution in [2.45, 2.75) is 66.7 Å². The maximum atomic E-state index is 6.54. The van der Waals surface area contributed by atoms with Crippen molar-refractivity contribution in [3.8, 4) is 0 Å². The maximum Gasteiger partial charge on any atom is 0.157 e. The molecule has 0 amide bonds. The van der Waals surface area contributed by atoms with Crippen molar-refractivity contribution in [2.75, 3.05) is 25.0 Å². The van der Waals surface area contributed by atoms with Crippen LogP contribution >= 0.6 is 11.6 Å². The number of imidazole rings is 1. The SMILES string of the molecule is C=CNc1nc(C)[nH]c1C(=C)N(CCCC)CCCC(=C)CN=C(C)Cc1ccc(C)c(C)c1Cl. The lowest BCUT2D eigenvalue weighted by Crippen LogP contribution is -2.25. The van der Waals surface area contributed by atoms with E-state index >= 15 is 0 Å². The van der Waals surface area contributed by atoms with Crippen molar-refractivity contribution in [1.82, 2.24) is 14.9 Å². The highest BCUT2D eigenvalue weighted by molar-refractivity contribution is 6.32. The lowest BCUT2D eigenvalue weighted by molar-refractivity contribution is 0.380. The molecule has 0 unspecified atom stereocenters. The van der Waals surface area contributed by atoms with Crippen molar-refractivity contribution in [1.29, 1.82) is 0 Å². The quantitative estimate of drug-likeness (QED) is 0.197. The highest BCUT2D eigenvalue weighted by Gasteiger charge is 2.16. The molecule has 0 saturated carbocycles. The Kier molecular flexibility index (Phi) is 11.3. The summed E-state index contributed by atoms with van der Waals surface area (Å²) in [6.45, 7) is 25.3. The number of benzene rings is 1. The van der Waals surface area contributed by atoms with Gasteiger partial charge >= 0.3 is 0 Å². The molecule has 2 aromatic rings. The number of hydrogen-bond donors (Lipinski definition) is 2.